The second-order valence-corrected chi connectivity index (χ2v) is 6.98. The van der Waals surface area contributed by atoms with E-state index in [1.165, 1.54) is 25.5 Å². The number of pyridine rings is 1. The van der Waals surface area contributed by atoms with Crippen LogP contribution in [-0.2, 0) is 0 Å². The van der Waals surface area contributed by atoms with Gasteiger partial charge in [-0.2, -0.15) is 0 Å². The summed E-state index contributed by atoms with van der Waals surface area (Å²) >= 11 is 2.44. The first kappa shape index (κ1) is 15.3. The molecule has 0 spiro atoms. The predicted molar refractivity (Wildman–Crippen MR) is 110 cm³/mol. The molecule has 0 atom stereocenters. The first-order chi connectivity index (χ1) is 11.8. The van der Waals surface area contributed by atoms with Crippen molar-refractivity contribution < 1.29 is 0 Å². The highest BCUT2D eigenvalue weighted by molar-refractivity contribution is 14.1. The van der Waals surface area contributed by atoms with Gasteiger partial charge in [0.2, 0.25) is 0 Å². The maximum Gasteiger partial charge on any atom is 0.0790 e. The first-order valence-electron chi connectivity index (χ1n) is 7.95. The van der Waals surface area contributed by atoms with E-state index in [2.05, 4.69) is 102 Å². The maximum absolute atomic E-state index is 4.99. The van der Waals surface area contributed by atoms with E-state index < -0.39 is 0 Å². The maximum atomic E-state index is 4.99. The topological polar surface area (TPSA) is 12.9 Å². The molecular formula is C22H16IN. The minimum absolute atomic E-state index is 1.05. The van der Waals surface area contributed by atoms with Gasteiger partial charge in [-0.3, -0.25) is 4.98 Å². The number of fused-ring (bicyclic) bond motifs is 1. The van der Waals surface area contributed by atoms with Gasteiger partial charge < -0.3 is 0 Å². The fourth-order valence-electron chi connectivity index (χ4n) is 3.17. The third-order valence-corrected chi connectivity index (χ3v) is 5.18. The van der Waals surface area contributed by atoms with Gasteiger partial charge in [0.25, 0.3) is 0 Å². The smallest absolute Gasteiger partial charge is 0.0790 e. The minimum atomic E-state index is 1.05. The molecule has 0 radical (unpaired) electrons. The lowest BCUT2D eigenvalue weighted by Crippen LogP contribution is -1.96. The van der Waals surface area contributed by atoms with E-state index in [1.807, 2.05) is 6.07 Å². The summed E-state index contributed by atoms with van der Waals surface area (Å²) < 4.78 is 1.26. The average Bonchev–Trinajstić information content (AvgIpc) is 2.64. The number of halogens is 1. The van der Waals surface area contributed by atoms with Gasteiger partial charge in [0, 0.05) is 31.2 Å². The van der Waals surface area contributed by atoms with Crippen molar-refractivity contribution in [2.75, 3.05) is 0 Å². The monoisotopic (exact) mass is 421 g/mol. The van der Waals surface area contributed by atoms with Crippen molar-refractivity contribution in [3.8, 4) is 22.4 Å². The van der Waals surface area contributed by atoms with Crippen LogP contribution in [-0.4, -0.2) is 4.98 Å². The molecule has 0 bridgehead atoms. The van der Waals surface area contributed by atoms with Crippen molar-refractivity contribution in [1.82, 2.24) is 4.98 Å². The van der Waals surface area contributed by atoms with E-state index in [4.69, 9.17) is 4.98 Å². The molecule has 4 rings (SSSR count). The van der Waals surface area contributed by atoms with Crippen LogP contribution in [0.2, 0.25) is 0 Å². The number of aromatic nitrogens is 1. The molecule has 0 aliphatic rings. The molecule has 0 fully saturated rings. The zero-order valence-corrected chi connectivity index (χ0v) is 15.5. The molecule has 4 aromatic rings. The molecule has 1 aromatic heterocycles. The summed E-state index contributed by atoms with van der Waals surface area (Å²) in [6, 6.07) is 27.5. The number of aryl methyl sites for hydroxylation is 1. The van der Waals surface area contributed by atoms with Gasteiger partial charge in [0.05, 0.1) is 5.69 Å². The highest BCUT2D eigenvalue weighted by atomic mass is 127. The lowest BCUT2D eigenvalue weighted by molar-refractivity contribution is 1.24. The Morgan fingerprint density at radius 2 is 1.33 bits per heavy atom. The third-order valence-electron chi connectivity index (χ3n) is 4.28. The fraction of sp³-hybridized carbons (Fsp3) is 0.0455. The quantitative estimate of drug-likeness (QED) is 0.338. The van der Waals surface area contributed by atoms with Crippen LogP contribution in [0.25, 0.3) is 33.2 Å². The first-order valence-corrected chi connectivity index (χ1v) is 9.03. The fourth-order valence-corrected chi connectivity index (χ4v) is 3.94. The second kappa shape index (κ2) is 6.36. The van der Waals surface area contributed by atoms with E-state index in [0.29, 0.717) is 0 Å². The Balaban J connectivity index is 2.18. The van der Waals surface area contributed by atoms with E-state index in [9.17, 15) is 0 Å². The summed E-state index contributed by atoms with van der Waals surface area (Å²) in [5, 5.41) is 2.51. The number of hydrogen-bond acceptors (Lipinski definition) is 1. The van der Waals surface area contributed by atoms with Gasteiger partial charge in [-0.1, -0.05) is 72.8 Å². The van der Waals surface area contributed by atoms with Gasteiger partial charge in [0.1, 0.15) is 0 Å². The van der Waals surface area contributed by atoms with Gasteiger partial charge in [-0.15, -0.1) is 0 Å². The molecule has 3 aromatic carbocycles. The molecule has 0 amide bonds. The minimum Gasteiger partial charge on any atom is -0.252 e. The van der Waals surface area contributed by atoms with Crippen molar-refractivity contribution in [3.05, 3.63) is 88.1 Å². The van der Waals surface area contributed by atoms with Crippen LogP contribution in [0, 0.1) is 10.5 Å². The zero-order chi connectivity index (χ0) is 16.5. The van der Waals surface area contributed by atoms with Gasteiger partial charge >= 0.3 is 0 Å². The lowest BCUT2D eigenvalue weighted by atomic mass is 9.93. The zero-order valence-electron chi connectivity index (χ0n) is 13.3. The van der Waals surface area contributed by atoms with Crippen molar-refractivity contribution >= 4 is 33.4 Å². The third kappa shape index (κ3) is 2.61. The van der Waals surface area contributed by atoms with Gasteiger partial charge in [-0.05, 0) is 41.1 Å². The number of hydrogen-bond donors (Lipinski definition) is 0. The standard InChI is InChI=1S/C22H16IN/c1-15-18-13-8-14-19(23)21(18)20(16-9-4-2-5-10-16)22(24-15)17-11-6-3-7-12-17/h2-14H,1H3. The molecule has 0 aliphatic heterocycles. The van der Waals surface area contributed by atoms with Crippen LogP contribution in [0.3, 0.4) is 0 Å². The van der Waals surface area contributed by atoms with Crippen LogP contribution in [0.15, 0.2) is 78.9 Å². The van der Waals surface area contributed by atoms with Crippen LogP contribution in [0.4, 0.5) is 0 Å². The summed E-state index contributed by atoms with van der Waals surface area (Å²) in [4.78, 5) is 4.99. The second-order valence-electron chi connectivity index (χ2n) is 5.82. The Morgan fingerprint density at radius 3 is 2.00 bits per heavy atom. The van der Waals surface area contributed by atoms with Gasteiger partial charge in [0.15, 0.2) is 0 Å². The molecule has 1 nitrogen and oxygen atoms in total. The largest absolute Gasteiger partial charge is 0.252 e. The summed E-state index contributed by atoms with van der Waals surface area (Å²) in [5.74, 6) is 0. The normalized spacial score (nSPS) is 10.9. The van der Waals surface area contributed by atoms with Crippen molar-refractivity contribution in [2.45, 2.75) is 6.92 Å². The Hall–Kier alpha value is -2.20. The molecule has 0 saturated heterocycles. The molecule has 116 valence electrons. The lowest BCUT2D eigenvalue weighted by Gasteiger charge is -2.16. The molecule has 24 heavy (non-hydrogen) atoms. The molecule has 0 unspecified atom stereocenters. The van der Waals surface area contributed by atoms with Crippen LogP contribution < -0.4 is 0 Å². The molecule has 0 aliphatic carbocycles. The molecule has 2 heteroatoms. The number of benzene rings is 3. The van der Waals surface area contributed by atoms with Crippen molar-refractivity contribution in [3.63, 3.8) is 0 Å². The Labute approximate surface area is 155 Å². The summed E-state index contributed by atoms with van der Waals surface area (Å²) in [6.45, 7) is 2.10. The summed E-state index contributed by atoms with van der Waals surface area (Å²) in [7, 11) is 0. The Morgan fingerprint density at radius 1 is 0.708 bits per heavy atom. The molecule has 0 N–H and O–H groups in total. The van der Waals surface area contributed by atoms with Crippen LogP contribution >= 0.6 is 22.6 Å². The SMILES string of the molecule is Cc1nc(-c2ccccc2)c(-c2ccccc2)c2c(I)cccc12. The number of rotatable bonds is 2. The van der Waals surface area contributed by atoms with E-state index in [0.717, 1.165) is 17.0 Å². The Bertz CT molecular complexity index is 1010. The Kier molecular flexibility index (Phi) is 4.07. The van der Waals surface area contributed by atoms with Gasteiger partial charge in [-0.25, -0.2) is 0 Å². The predicted octanol–water partition coefficient (Wildman–Crippen LogP) is 6.48. The van der Waals surface area contributed by atoms with E-state index in [1.54, 1.807) is 0 Å². The van der Waals surface area contributed by atoms with Crippen LogP contribution in [0.5, 0.6) is 0 Å². The van der Waals surface area contributed by atoms with E-state index >= 15 is 0 Å². The highest BCUT2D eigenvalue weighted by Crippen LogP contribution is 2.39. The summed E-state index contributed by atoms with van der Waals surface area (Å²) in [5.41, 5.74) is 5.70. The van der Waals surface area contributed by atoms with Crippen molar-refractivity contribution in [2.24, 2.45) is 0 Å². The highest BCUT2D eigenvalue weighted by Gasteiger charge is 2.16. The van der Waals surface area contributed by atoms with Crippen LogP contribution in [0.1, 0.15) is 5.69 Å². The number of nitrogens with zero attached hydrogens (tertiary/aromatic N) is 1. The summed E-state index contributed by atoms with van der Waals surface area (Å²) in [6.07, 6.45) is 0. The average molecular weight is 421 g/mol. The van der Waals surface area contributed by atoms with E-state index in [-0.39, 0.29) is 0 Å². The molecular weight excluding hydrogens is 405 g/mol. The van der Waals surface area contributed by atoms with Crippen molar-refractivity contribution in [1.29, 1.82) is 0 Å². The molecule has 1 heterocycles. The molecule has 0 saturated carbocycles.